The molecule has 0 aromatic carbocycles. The molecular weight excluding hydrogens is 286 g/mol. The van der Waals surface area contributed by atoms with Crippen molar-refractivity contribution in [1.29, 1.82) is 0 Å². The van der Waals surface area contributed by atoms with Crippen LogP contribution in [-0.4, -0.2) is 19.9 Å². The molecule has 0 saturated heterocycles. The van der Waals surface area contributed by atoms with Crippen LogP contribution in [0.2, 0.25) is 0 Å². The molecule has 0 spiro atoms. The molecule has 0 saturated carbocycles. The van der Waals surface area contributed by atoms with Crippen molar-refractivity contribution < 1.29 is 9.52 Å². The van der Waals surface area contributed by atoms with Crippen LogP contribution in [0.15, 0.2) is 27.5 Å². The van der Waals surface area contributed by atoms with Gasteiger partial charge >= 0.3 is 0 Å². The third-order valence-electron chi connectivity index (χ3n) is 2.43. The van der Waals surface area contributed by atoms with E-state index in [1.165, 1.54) is 6.33 Å². The fourth-order valence-electron chi connectivity index (χ4n) is 1.63. The Labute approximate surface area is 108 Å². The summed E-state index contributed by atoms with van der Waals surface area (Å²) in [7, 11) is 0. The van der Waals surface area contributed by atoms with Crippen LogP contribution >= 0.6 is 15.9 Å². The lowest BCUT2D eigenvalue weighted by Gasteiger charge is -2.08. The van der Waals surface area contributed by atoms with Crippen LogP contribution in [0.5, 0.6) is 0 Å². The van der Waals surface area contributed by atoms with Crippen LogP contribution < -0.4 is 0 Å². The van der Waals surface area contributed by atoms with E-state index in [2.05, 4.69) is 32.9 Å². The lowest BCUT2D eigenvalue weighted by atomic mass is 10.2. The zero-order valence-electron chi connectivity index (χ0n) is 9.51. The first-order chi connectivity index (χ1) is 8.20. The van der Waals surface area contributed by atoms with E-state index in [0.717, 1.165) is 18.8 Å². The van der Waals surface area contributed by atoms with Crippen LogP contribution in [0.1, 0.15) is 31.0 Å². The minimum Gasteiger partial charge on any atom is -0.452 e. The van der Waals surface area contributed by atoms with Gasteiger partial charge < -0.3 is 9.52 Å². The number of halogens is 1. The third kappa shape index (κ3) is 2.95. The summed E-state index contributed by atoms with van der Waals surface area (Å²) in [5.74, 6) is 1.30. The average Bonchev–Trinajstić information content (AvgIpc) is 2.89. The molecule has 0 radical (unpaired) electrons. The summed E-state index contributed by atoms with van der Waals surface area (Å²) in [5, 5.41) is 14.1. The summed E-state index contributed by atoms with van der Waals surface area (Å²) in [4.78, 5) is 4.15. The molecule has 0 aliphatic heterocycles. The van der Waals surface area contributed by atoms with E-state index >= 15 is 0 Å². The van der Waals surface area contributed by atoms with E-state index in [1.807, 2.05) is 0 Å². The minimum absolute atomic E-state index is 0.403. The lowest BCUT2D eigenvalue weighted by Crippen LogP contribution is -2.10. The van der Waals surface area contributed by atoms with Crippen molar-refractivity contribution in [2.24, 2.45) is 0 Å². The molecule has 17 heavy (non-hydrogen) atoms. The molecule has 6 heteroatoms. The topological polar surface area (TPSA) is 64.1 Å². The van der Waals surface area contributed by atoms with Crippen molar-refractivity contribution in [3.05, 3.63) is 34.7 Å². The van der Waals surface area contributed by atoms with Gasteiger partial charge in [0.1, 0.15) is 24.0 Å². The standard InChI is InChI=1S/C11H14BrN3O2/c1-2-5-15-11(13-7-14-15)6-8(16)9-3-4-10(12)17-9/h3-4,7-8,16H,2,5-6H2,1H3. The van der Waals surface area contributed by atoms with Crippen LogP contribution in [0.4, 0.5) is 0 Å². The molecule has 0 amide bonds. The largest absolute Gasteiger partial charge is 0.452 e. The van der Waals surface area contributed by atoms with Gasteiger partial charge in [-0.25, -0.2) is 4.98 Å². The molecule has 0 aliphatic rings. The zero-order valence-corrected chi connectivity index (χ0v) is 11.1. The Hall–Kier alpha value is -1.14. The van der Waals surface area contributed by atoms with Crippen molar-refractivity contribution in [3.8, 4) is 0 Å². The van der Waals surface area contributed by atoms with Gasteiger partial charge in [0.15, 0.2) is 4.67 Å². The molecule has 0 aliphatic carbocycles. The number of aliphatic hydroxyl groups excluding tert-OH is 1. The van der Waals surface area contributed by atoms with Crippen molar-refractivity contribution >= 4 is 15.9 Å². The number of aromatic nitrogens is 3. The van der Waals surface area contributed by atoms with E-state index in [9.17, 15) is 5.11 Å². The Morgan fingerprint density at radius 2 is 2.35 bits per heavy atom. The van der Waals surface area contributed by atoms with Crippen molar-refractivity contribution in [1.82, 2.24) is 14.8 Å². The molecule has 2 rings (SSSR count). The normalized spacial score (nSPS) is 12.9. The van der Waals surface area contributed by atoms with Gasteiger partial charge in [0.2, 0.25) is 0 Å². The van der Waals surface area contributed by atoms with Gasteiger partial charge in [0.05, 0.1) is 0 Å². The zero-order chi connectivity index (χ0) is 12.3. The summed E-state index contributed by atoms with van der Waals surface area (Å²) in [6.45, 7) is 2.88. The number of hydrogen-bond acceptors (Lipinski definition) is 4. The molecular formula is C11H14BrN3O2. The van der Waals surface area contributed by atoms with Crippen LogP contribution in [-0.2, 0) is 13.0 Å². The van der Waals surface area contributed by atoms with Gasteiger partial charge in [-0.3, -0.25) is 4.68 Å². The van der Waals surface area contributed by atoms with Crippen molar-refractivity contribution in [2.45, 2.75) is 32.4 Å². The van der Waals surface area contributed by atoms with Gasteiger partial charge in [-0.15, -0.1) is 0 Å². The number of aliphatic hydroxyl groups is 1. The van der Waals surface area contributed by atoms with Gasteiger partial charge in [-0.05, 0) is 34.5 Å². The highest BCUT2D eigenvalue weighted by Crippen LogP contribution is 2.22. The molecule has 92 valence electrons. The molecule has 1 unspecified atom stereocenters. The maximum absolute atomic E-state index is 10.0. The van der Waals surface area contributed by atoms with E-state index < -0.39 is 6.10 Å². The smallest absolute Gasteiger partial charge is 0.169 e. The lowest BCUT2D eigenvalue weighted by molar-refractivity contribution is 0.145. The predicted octanol–water partition coefficient (Wildman–Crippen LogP) is 2.32. The van der Waals surface area contributed by atoms with Gasteiger partial charge in [0, 0.05) is 13.0 Å². The molecule has 0 bridgehead atoms. The van der Waals surface area contributed by atoms with Gasteiger partial charge in [-0.1, -0.05) is 6.92 Å². The summed E-state index contributed by atoms with van der Waals surface area (Å²) >= 11 is 3.21. The van der Waals surface area contributed by atoms with E-state index in [0.29, 0.717) is 16.9 Å². The van der Waals surface area contributed by atoms with Gasteiger partial charge in [0.25, 0.3) is 0 Å². The summed E-state index contributed by atoms with van der Waals surface area (Å²) in [6, 6.07) is 3.50. The first-order valence-electron chi connectivity index (χ1n) is 5.50. The molecule has 0 fully saturated rings. The molecule has 2 aromatic heterocycles. The Morgan fingerprint density at radius 1 is 1.53 bits per heavy atom. The van der Waals surface area contributed by atoms with Crippen LogP contribution in [0.25, 0.3) is 0 Å². The highest BCUT2D eigenvalue weighted by molar-refractivity contribution is 9.10. The van der Waals surface area contributed by atoms with Crippen molar-refractivity contribution in [2.75, 3.05) is 0 Å². The third-order valence-corrected chi connectivity index (χ3v) is 2.86. The monoisotopic (exact) mass is 299 g/mol. The predicted molar refractivity (Wildman–Crippen MR) is 65.4 cm³/mol. The van der Waals surface area contributed by atoms with Crippen LogP contribution in [0.3, 0.4) is 0 Å². The van der Waals surface area contributed by atoms with Crippen molar-refractivity contribution in [3.63, 3.8) is 0 Å². The Kier molecular flexibility index (Phi) is 3.96. The Morgan fingerprint density at radius 3 is 3.00 bits per heavy atom. The molecule has 2 heterocycles. The fourth-order valence-corrected chi connectivity index (χ4v) is 1.94. The summed E-state index contributed by atoms with van der Waals surface area (Å²) in [6.07, 6.45) is 2.20. The maximum Gasteiger partial charge on any atom is 0.169 e. The molecule has 2 aromatic rings. The number of nitrogens with zero attached hydrogens (tertiary/aromatic N) is 3. The fraction of sp³-hybridized carbons (Fsp3) is 0.455. The number of rotatable bonds is 5. The second-order valence-electron chi connectivity index (χ2n) is 3.76. The van der Waals surface area contributed by atoms with Crippen LogP contribution in [0, 0.1) is 0 Å². The molecule has 1 N–H and O–H groups in total. The Bertz CT molecular complexity index is 481. The summed E-state index contributed by atoms with van der Waals surface area (Å²) < 4.78 is 7.72. The average molecular weight is 300 g/mol. The minimum atomic E-state index is -0.693. The Balaban J connectivity index is 2.07. The number of furan rings is 1. The second kappa shape index (κ2) is 5.46. The highest BCUT2D eigenvalue weighted by atomic mass is 79.9. The molecule has 5 nitrogen and oxygen atoms in total. The van der Waals surface area contributed by atoms with Gasteiger partial charge in [-0.2, -0.15) is 5.10 Å². The first-order valence-corrected chi connectivity index (χ1v) is 6.30. The van der Waals surface area contributed by atoms with E-state index in [-0.39, 0.29) is 0 Å². The number of aryl methyl sites for hydroxylation is 1. The SMILES string of the molecule is CCCn1ncnc1CC(O)c1ccc(Br)o1. The van der Waals surface area contributed by atoms with E-state index in [1.54, 1.807) is 16.8 Å². The number of hydrogen-bond donors (Lipinski definition) is 1. The quantitative estimate of drug-likeness (QED) is 0.920. The summed E-state index contributed by atoms with van der Waals surface area (Å²) in [5.41, 5.74) is 0. The maximum atomic E-state index is 10.0. The first kappa shape index (κ1) is 12.3. The second-order valence-corrected chi connectivity index (χ2v) is 4.54. The van der Waals surface area contributed by atoms with E-state index in [4.69, 9.17) is 4.42 Å². The highest BCUT2D eigenvalue weighted by Gasteiger charge is 2.16. The molecule has 1 atom stereocenters.